The largest absolute Gasteiger partial charge is 0.251 e. The number of rotatable bonds is 9. The maximum atomic E-state index is 8.57. The van der Waals surface area contributed by atoms with Crippen molar-refractivity contribution >= 4 is 0 Å². The minimum absolute atomic E-state index is 0.358. The quantitative estimate of drug-likeness (QED) is 0.341. The SMILES string of the molecule is CCCCCCCCCC(C)(C)OO. The Labute approximate surface area is 88.6 Å². The number of hydrogen-bond acceptors (Lipinski definition) is 2. The molecule has 0 amide bonds. The molecular formula is C12H26O2. The van der Waals surface area contributed by atoms with Crippen LogP contribution in [0.2, 0.25) is 0 Å². The molecule has 0 unspecified atom stereocenters. The molecule has 0 saturated heterocycles. The van der Waals surface area contributed by atoms with Gasteiger partial charge in [-0.3, -0.25) is 5.26 Å². The molecule has 0 radical (unpaired) electrons. The molecule has 0 aliphatic heterocycles. The molecule has 1 N–H and O–H groups in total. The van der Waals surface area contributed by atoms with E-state index in [1.54, 1.807) is 0 Å². The topological polar surface area (TPSA) is 29.5 Å². The summed E-state index contributed by atoms with van der Waals surface area (Å²) in [4.78, 5) is 4.38. The van der Waals surface area contributed by atoms with Gasteiger partial charge in [0.05, 0.1) is 5.60 Å². The van der Waals surface area contributed by atoms with Gasteiger partial charge in [-0.2, -0.15) is 0 Å². The lowest BCUT2D eigenvalue weighted by Crippen LogP contribution is -2.22. The summed E-state index contributed by atoms with van der Waals surface area (Å²) in [6, 6.07) is 0. The van der Waals surface area contributed by atoms with Crippen molar-refractivity contribution < 1.29 is 10.1 Å². The molecule has 2 nitrogen and oxygen atoms in total. The van der Waals surface area contributed by atoms with Crippen molar-refractivity contribution in [3.8, 4) is 0 Å². The highest BCUT2D eigenvalue weighted by Gasteiger charge is 2.17. The van der Waals surface area contributed by atoms with E-state index in [2.05, 4.69) is 11.8 Å². The first-order valence-corrected chi connectivity index (χ1v) is 5.95. The van der Waals surface area contributed by atoms with E-state index in [1.165, 1.54) is 38.5 Å². The second-order valence-corrected chi connectivity index (χ2v) is 4.72. The summed E-state index contributed by atoms with van der Waals surface area (Å²) in [6.45, 7) is 6.08. The van der Waals surface area contributed by atoms with Crippen LogP contribution in [0.25, 0.3) is 0 Å². The lowest BCUT2D eigenvalue weighted by molar-refractivity contribution is -0.314. The van der Waals surface area contributed by atoms with Crippen LogP contribution in [0.4, 0.5) is 0 Å². The van der Waals surface area contributed by atoms with Gasteiger partial charge in [0.15, 0.2) is 0 Å². The Kier molecular flexibility index (Phi) is 8.20. The van der Waals surface area contributed by atoms with Gasteiger partial charge < -0.3 is 0 Å². The summed E-state index contributed by atoms with van der Waals surface area (Å²) in [6.07, 6.45) is 10.1. The zero-order valence-electron chi connectivity index (χ0n) is 10.0. The van der Waals surface area contributed by atoms with Gasteiger partial charge in [0.1, 0.15) is 0 Å². The van der Waals surface area contributed by atoms with Crippen molar-refractivity contribution in [1.82, 2.24) is 0 Å². The van der Waals surface area contributed by atoms with Crippen LogP contribution in [0.1, 0.15) is 72.1 Å². The molecule has 0 saturated carbocycles. The van der Waals surface area contributed by atoms with Crippen molar-refractivity contribution in [1.29, 1.82) is 0 Å². The number of hydrogen-bond donors (Lipinski definition) is 1. The monoisotopic (exact) mass is 202 g/mol. The zero-order chi connectivity index (χ0) is 10.9. The minimum Gasteiger partial charge on any atom is -0.251 e. The zero-order valence-corrected chi connectivity index (χ0v) is 10.0. The molecule has 0 heterocycles. The molecule has 2 heteroatoms. The first-order valence-electron chi connectivity index (χ1n) is 5.95. The van der Waals surface area contributed by atoms with Gasteiger partial charge in [-0.15, -0.1) is 0 Å². The first-order chi connectivity index (χ1) is 6.62. The van der Waals surface area contributed by atoms with Crippen LogP contribution in [-0.4, -0.2) is 10.9 Å². The van der Waals surface area contributed by atoms with Crippen molar-refractivity contribution in [2.75, 3.05) is 0 Å². The summed E-state index contributed by atoms with van der Waals surface area (Å²) < 4.78 is 0. The summed E-state index contributed by atoms with van der Waals surface area (Å²) in [5.41, 5.74) is -0.358. The molecule has 0 fully saturated rings. The Hall–Kier alpha value is -0.0800. The van der Waals surface area contributed by atoms with E-state index in [0.29, 0.717) is 0 Å². The predicted molar refractivity (Wildman–Crippen MR) is 60.4 cm³/mol. The summed E-state index contributed by atoms with van der Waals surface area (Å²) in [5.74, 6) is 0. The molecule has 0 atom stereocenters. The van der Waals surface area contributed by atoms with Gasteiger partial charge in [0.25, 0.3) is 0 Å². The summed E-state index contributed by atoms with van der Waals surface area (Å²) in [7, 11) is 0. The van der Waals surface area contributed by atoms with E-state index in [-0.39, 0.29) is 5.60 Å². The van der Waals surface area contributed by atoms with Crippen LogP contribution in [0.15, 0.2) is 0 Å². The average Bonchev–Trinajstić information content (AvgIpc) is 2.16. The lowest BCUT2D eigenvalue weighted by atomic mass is 9.99. The van der Waals surface area contributed by atoms with Crippen molar-refractivity contribution in [2.24, 2.45) is 0 Å². The molecule has 0 aromatic heterocycles. The Balaban J connectivity index is 3.13. The lowest BCUT2D eigenvalue weighted by Gasteiger charge is -2.19. The number of unbranched alkanes of at least 4 members (excludes halogenated alkanes) is 6. The summed E-state index contributed by atoms with van der Waals surface area (Å²) in [5, 5.41) is 8.57. The maximum Gasteiger partial charge on any atom is 0.0977 e. The average molecular weight is 202 g/mol. The fourth-order valence-electron chi connectivity index (χ4n) is 1.55. The van der Waals surface area contributed by atoms with Crippen LogP contribution in [0.3, 0.4) is 0 Å². The third kappa shape index (κ3) is 8.52. The van der Waals surface area contributed by atoms with E-state index < -0.39 is 0 Å². The Morgan fingerprint density at radius 3 is 1.93 bits per heavy atom. The molecule has 0 spiro atoms. The van der Waals surface area contributed by atoms with Gasteiger partial charge in [-0.25, -0.2) is 4.89 Å². The van der Waals surface area contributed by atoms with E-state index >= 15 is 0 Å². The van der Waals surface area contributed by atoms with Crippen LogP contribution in [-0.2, 0) is 4.89 Å². The van der Waals surface area contributed by atoms with E-state index in [1.807, 2.05) is 13.8 Å². The molecule has 86 valence electrons. The van der Waals surface area contributed by atoms with E-state index in [9.17, 15) is 0 Å². The van der Waals surface area contributed by atoms with Crippen molar-refractivity contribution in [3.05, 3.63) is 0 Å². The summed E-state index contributed by atoms with van der Waals surface area (Å²) >= 11 is 0. The van der Waals surface area contributed by atoms with E-state index in [4.69, 9.17) is 5.26 Å². The fraction of sp³-hybridized carbons (Fsp3) is 1.00. The van der Waals surface area contributed by atoms with Gasteiger partial charge in [0, 0.05) is 0 Å². The molecule has 0 aromatic carbocycles. The van der Waals surface area contributed by atoms with Crippen LogP contribution < -0.4 is 0 Å². The van der Waals surface area contributed by atoms with Gasteiger partial charge in [-0.05, 0) is 20.3 Å². The molecule has 0 aliphatic rings. The molecule has 0 aromatic rings. The van der Waals surface area contributed by atoms with Crippen LogP contribution in [0.5, 0.6) is 0 Å². The Bertz CT molecular complexity index is 121. The van der Waals surface area contributed by atoms with Gasteiger partial charge in [-0.1, -0.05) is 51.9 Å². The molecule has 0 bridgehead atoms. The third-order valence-electron chi connectivity index (χ3n) is 2.63. The molecular weight excluding hydrogens is 176 g/mol. The highest BCUT2D eigenvalue weighted by Crippen LogP contribution is 2.18. The maximum absolute atomic E-state index is 8.57. The standard InChI is InChI=1S/C12H26O2/c1-4-5-6-7-8-9-10-11-12(2,3)14-13/h13H,4-11H2,1-3H3. The minimum atomic E-state index is -0.358. The first kappa shape index (κ1) is 13.9. The van der Waals surface area contributed by atoms with Crippen LogP contribution >= 0.6 is 0 Å². The third-order valence-corrected chi connectivity index (χ3v) is 2.63. The smallest absolute Gasteiger partial charge is 0.0977 e. The molecule has 0 aliphatic carbocycles. The Morgan fingerprint density at radius 2 is 1.43 bits per heavy atom. The normalized spacial score (nSPS) is 12.0. The van der Waals surface area contributed by atoms with E-state index in [0.717, 1.165) is 12.8 Å². The van der Waals surface area contributed by atoms with Gasteiger partial charge >= 0.3 is 0 Å². The second kappa shape index (κ2) is 8.25. The molecule has 14 heavy (non-hydrogen) atoms. The Morgan fingerprint density at radius 1 is 0.929 bits per heavy atom. The fourth-order valence-corrected chi connectivity index (χ4v) is 1.55. The van der Waals surface area contributed by atoms with Gasteiger partial charge in [0.2, 0.25) is 0 Å². The molecule has 0 rings (SSSR count). The second-order valence-electron chi connectivity index (χ2n) is 4.72. The van der Waals surface area contributed by atoms with Crippen molar-refractivity contribution in [3.63, 3.8) is 0 Å². The van der Waals surface area contributed by atoms with Crippen molar-refractivity contribution in [2.45, 2.75) is 77.7 Å². The predicted octanol–water partition coefficient (Wildman–Crippen LogP) is 4.40. The van der Waals surface area contributed by atoms with Crippen LogP contribution in [0, 0.1) is 0 Å². The highest BCUT2D eigenvalue weighted by molar-refractivity contribution is 4.65. The highest BCUT2D eigenvalue weighted by atomic mass is 17.1.